The van der Waals surface area contributed by atoms with Crippen LogP contribution in [0.3, 0.4) is 0 Å². The van der Waals surface area contributed by atoms with Crippen molar-refractivity contribution in [3.05, 3.63) is 53.6 Å². The number of carboxylic acid groups (broad SMARTS) is 1. The molecule has 17 heavy (non-hydrogen) atoms. The fourth-order valence-electron chi connectivity index (χ4n) is 1.81. The molecule has 0 radical (unpaired) electrons. The summed E-state index contributed by atoms with van der Waals surface area (Å²) in [4.78, 5) is 11.1. The monoisotopic (exact) mass is 232 g/mol. The van der Waals surface area contributed by atoms with Gasteiger partial charge in [0.1, 0.15) is 0 Å². The fourth-order valence-corrected chi connectivity index (χ4v) is 1.81. The zero-order valence-corrected chi connectivity index (χ0v) is 9.00. The Morgan fingerprint density at radius 1 is 1.18 bits per heavy atom. The van der Waals surface area contributed by atoms with Crippen molar-refractivity contribution in [1.82, 2.24) is 0 Å². The topological polar surface area (TPSA) is 77.8 Å². The normalized spacial score (nSPS) is 18.2. The van der Waals surface area contributed by atoms with Gasteiger partial charge in [-0.2, -0.15) is 0 Å². The molecule has 1 aliphatic rings. The third-order valence-corrected chi connectivity index (χ3v) is 2.62. The lowest BCUT2D eigenvalue weighted by molar-refractivity contribution is -0.139. The van der Waals surface area contributed by atoms with E-state index in [2.05, 4.69) is 0 Å². The van der Waals surface area contributed by atoms with Gasteiger partial charge in [-0.25, -0.2) is 4.79 Å². The molecule has 1 aromatic carbocycles. The maximum absolute atomic E-state index is 11.1. The summed E-state index contributed by atoms with van der Waals surface area (Å²) >= 11 is 0. The van der Waals surface area contributed by atoms with E-state index in [1.807, 2.05) is 6.07 Å². The number of hydrogen-bond donors (Lipinski definition) is 3. The second-order valence-electron chi connectivity index (χ2n) is 3.95. The summed E-state index contributed by atoms with van der Waals surface area (Å²) in [6.45, 7) is 0. The van der Waals surface area contributed by atoms with Gasteiger partial charge in [-0.1, -0.05) is 36.4 Å². The minimum Gasteiger partial charge on any atom is -0.478 e. The second-order valence-corrected chi connectivity index (χ2v) is 3.95. The van der Waals surface area contributed by atoms with E-state index in [0.717, 1.165) is 5.56 Å². The number of aliphatic hydroxyl groups is 2. The maximum atomic E-state index is 11.1. The van der Waals surface area contributed by atoms with Crippen LogP contribution in [0.15, 0.2) is 48.1 Å². The summed E-state index contributed by atoms with van der Waals surface area (Å²) in [5, 5.41) is 27.9. The van der Waals surface area contributed by atoms with Gasteiger partial charge in [0.05, 0.1) is 5.57 Å². The molecule has 0 atom stereocenters. The molecule has 2 rings (SSSR count). The Balaban J connectivity index is 2.50. The summed E-state index contributed by atoms with van der Waals surface area (Å²) in [5.41, 5.74) is 1.26. The van der Waals surface area contributed by atoms with Gasteiger partial charge in [0.15, 0.2) is 5.79 Å². The van der Waals surface area contributed by atoms with Crippen LogP contribution in [0, 0.1) is 0 Å². The van der Waals surface area contributed by atoms with Crippen LogP contribution in [0.25, 0.3) is 5.57 Å². The Kier molecular flexibility index (Phi) is 2.83. The van der Waals surface area contributed by atoms with Crippen molar-refractivity contribution in [2.45, 2.75) is 12.2 Å². The molecule has 1 aromatic rings. The van der Waals surface area contributed by atoms with Crippen LogP contribution in [0.1, 0.15) is 12.0 Å². The third-order valence-electron chi connectivity index (χ3n) is 2.62. The van der Waals surface area contributed by atoms with Gasteiger partial charge in [-0.15, -0.1) is 0 Å². The van der Waals surface area contributed by atoms with Gasteiger partial charge in [0.2, 0.25) is 0 Å². The first-order chi connectivity index (χ1) is 7.99. The van der Waals surface area contributed by atoms with Crippen LogP contribution in [-0.4, -0.2) is 27.1 Å². The maximum Gasteiger partial charge on any atom is 0.332 e. The molecule has 1 aliphatic carbocycles. The van der Waals surface area contributed by atoms with Crippen LogP contribution in [0.4, 0.5) is 0 Å². The highest BCUT2D eigenvalue weighted by molar-refractivity contribution is 5.99. The third kappa shape index (κ3) is 2.43. The zero-order chi connectivity index (χ0) is 12.5. The highest BCUT2D eigenvalue weighted by Gasteiger charge is 2.30. The van der Waals surface area contributed by atoms with Crippen molar-refractivity contribution in [1.29, 1.82) is 0 Å². The van der Waals surface area contributed by atoms with E-state index in [0.29, 0.717) is 5.57 Å². The Hall–Kier alpha value is -1.91. The molecular weight excluding hydrogens is 220 g/mol. The summed E-state index contributed by atoms with van der Waals surface area (Å²) in [6, 6.07) is 9.00. The van der Waals surface area contributed by atoms with E-state index in [1.54, 1.807) is 24.3 Å². The molecule has 0 heterocycles. The number of rotatable bonds is 2. The molecule has 0 amide bonds. The van der Waals surface area contributed by atoms with Crippen LogP contribution in [0.2, 0.25) is 0 Å². The minimum atomic E-state index is -2.08. The first kappa shape index (κ1) is 11.6. The largest absolute Gasteiger partial charge is 0.478 e. The summed E-state index contributed by atoms with van der Waals surface area (Å²) in [6.07, 6.45) is 2.31. The predicted molar refractivity (Wildman–Crippen MR) is 61.9 cm³/mol. The van der Waals surface area contributed by atoms with Crippen molar-refractivity contribution in [2.24, 2.45) is 0 Å². The van der Waals surface area contributed by atoms with Crippen LogP contribution >= 0.6 is 0 Å². The molecule has 0 saturated carbocycles. The summed E-state index contributed by atoms with van der Waals surface area (Å²) < 4.78 is 0. The molecule has 0 aromatic heterocycles. The molecule has 88 valence electrons. The predicted octanol–water partition coefficient (Wildman–Crippen LogP) is 1.17. The van der Waals surface area contributed by atoms with E-state index >= 15 is 0 Å². The molecule has 0 aliphatic heterocycles. The molecule has 4 nitrogen and oxygen atoms in total. The van der Waals surface area contributed by atoms with Gasteiger partial charge in [-0.3, -0.25) is 0 Å². The number of benzene rings is 1. The average Bonchev–Trinajstić information content (AvgIpc) is 2.29. The summed E-state index contributed by atoms with van der Waals surface area (Å²) in [7, 11) is 0. The molecule has 0 unspecified atom stereocenters. The van der Waals surface area contributed by atoms with E-state index in [-0.39, 0.29) is 12.0 Å². The number of carbonyl (C=O) groups is 1. The van der Waals surface area contributed by atoms with Gasteiger partial charge in [-0.05, 0) is 17.2 Å². The lowest BCUT2D eigenvalue weighted by atomic mass is 9.89. The van der Waals surface area contributed by atoms with Crippen molar-refractivity contribution in [2.75, 3.05) is 0 Å². The molecule has 0 spiro atoms. The Bertz CT molecular complexity index is 497. The summed E-state index contributed by atoms with van der Waals surface area (Å²) in [5.74, 6) is -3.22. The molecule has 0 bridgehead atoms. The highest BCUT2D eigenvalue weighted by atomic mass is 16.5. The minimum absolute atomic E-state index is 0.00343. The quantitative estimate of drug-likeness (QED) is 0.669. The number of hydrogen-bond acceptors (Lipinski definition) is 3. The van der Waals surface area contributed by atoms with Crippen molar-refractivity contribution in [3.8, 4) is 0 Å². The Morgan fingerprint density at radius 3 is 2.41 bits per heavy atom. The fraction of sp³-hybridized carbons (Fsp3) is 0.154. The first-order valence-electron chi connectivity index (χ1n) is 5.15. The van der Waals surface area contributed by atoms with Crippen LogP contribution < -0.4 is 0 Å². The lowest BCUT2D eigenvalue weighted by Gasteiger charge is -2.23. The van der Waals surface area contributed by atoms with Crippen LogP contribution in [-0.2, 0) is 4.79 Å². The van der Waals surface area contributed by atoms with E-state index in [1.165, 1.54) is 12.2 Å². The van der Waals surface area contributed by atoms with Crippen molar-refractivity contribution in [3.63, 3.8) is 0 Å². The Morgan fingerprint density at radius 2 is 1.82 bits per heavy atom. The number of carboxylic acids is 1. The molecule has 0 saturated heterocycles. The van der Waals surface area contributed by atoms with Crippen molar-refractivity contribution >= 4 is 11.5 Å². The Labute approximate surface area is 98.1 Å². The molecule has 0 fully saturated rings. The second kappa shape index (κ2) is 4.16. The van der Waals surface area contributed by atoms with Crippen LogP contribution in [0.5, 0.6) is 0 Å². The van der Waals surface area contributed by atoms with Gasteiger partial charge in [0, 0.05) is 6.42 Å². The van der Waals surface area contributed by atoms with E-state index < -0.39 is 11.8 Å². The lowest BCUT2D eigenvalue weighted by Crippen LogP contribution is -2.30. The molecular formula is C13H12O4. The number of aliphatic carboxylic acids is 1. The zero-order valence-electron chi connectivity index (χ0n) is 9.00. The van der Waals surface area contributed by atoms with Gasteiger partial charge in [0.25, 0.3) is 0 Å². The van der Waals surface area contributed by atoms with Gasteiger partial charge >= 0.3 is 5.97 Å². The van der Waals surface area contributed by atoms with Crippen molar-refractivity contribution < 1.29 is 20.1 Å². The standard InChI is InChI=1S/C13H12O4/c14-12(15)11-8-13(16,17)7-6-10(11)9-4-2-1-3-5-9/h1-7,16-17H,8H2,(H,14,15). The first-order valence-corrected chi connectivity index (χ1v) is 5.15. The average molecular weight is 232 g/mol. The van der Waals surface area contributed by atoms with E-state index in [9.17, 15) is 15.0 Å². The molecule has 3 N–H and O–H groups in total. The smallest absolute Gasteiger partial charge is 0.332 e. The van der Waals surface area contributed by atoms with E-state index in [4.69, 9.17) is 5.11 Å². The van der Waals surface area contributed by atoms with Gasteiger partial charge < -0.3 is 15.3 Å². The highest BCUT2D eigenvalue weighted by Crippen LogP contribution is 2.31. The SMILES string of the molecule is O=C(O)C1=C(c2ccccc2)C=CC(O)(O)C1. The number of allylic oxidation sites excluding steroid dienone is 2. The molecule has 4 heteroatoms.